The number of nitriles is 2. The number of ether oxygens (including phenoxy) is 6. The topological polar surface area (TPSA) is 173 Å². The molecule has 1 heterocycles. The molecule has 2 aliphatic rings. The molecule has 0 radical (unpaired) electrons. The molecule has 6 rings (SSSR count). The minimum Gasteiger partial charge on any atom is -0.491 e. The van der Waals surface area contributed by atoms with Crippen LogP contribution in [-0.2, 0) is 29.2 Å². The highest BCUT2D eigenvalue weighted by Gasteiger charge is 2.64. The fourth-order valence-corrected chi connectivity index (χ4v) is 10.9. The quantitative estimate of drug-likeness (QED) is 0.0571. The molecule has 4 atom stereocenters. The molecule has 1 saturated carbocycles. The van der Waals surface area contributed by atoms with Gasteiger partial charge in [-0.2, -0.15) is 10.5 Å². The van der Waals surface area contributed by atoms with E-state index in [1.165, 1.54) is 18.2 Å². The summed E-state index contributed by atoms with van der Waals surface area (Å²) in [4.78, 5) is 27.3. The van der Waals surface area contributed by atoms with Crippen molar-refractivity contribution in [3.05, 3.63) is 128 Å². The summed E-state index contributed by atoms with van der Waals surface area (Å²) in [6.45, 7) is 18.9. The van der Waals surface area contributed by atoms with Crippen molar-refractivity contribution < 1.29 is 46.8 Å². The number of halogens is 4. The van der Waals surface area contributed by atoms with Crippen molar-refractivity contribution in [2.75, 3.05) is 66.0 Å². The lowest BCUT2D eigenvalue weighted by Gasteiger charge is -2.63. The standard InChI is InChI=1S/C56H67Cl2F2N5O8/c1-35-12-19-41(44(59)30-35)56(34-62)45(32-53(2,3)4)64-48(46(56)40-10-9-11-42(57)47(40)60)50(67)63-20-21-68-22-23-69-24-25-70-26-27-71-28-29-72-38-16-13-36(14-17-38)49(66)65-51-54(5,6)52(55(51,7)8)73-39-18-15-37(33-61)43(58)31-39/h9-19,30-31,45-46,48,51-52,64H,20-29,32H2,1-8H3,(H,63,67)(H,65,66)/t45-,46-,48+,51?,52?,56-/m1/s1. The first kappa shape index (κ1) is 56.9. The van der Waals surface area contributed by atoms with E-state index in [4.69, 9.17) is 51.6 Å². The second-order valence-corrected chi connectivity index (χ2v) is 21.8. The van der Waals surface area contributed by atoms with E-state index in [-0.39, 0.29) is 70.2 Å². The number of carbonyl (C=O) groups excluding carboxylic acids is 2. The van der Waals surface area contributed by atoms with E-state index in [9.17, 15) is 20.1 Å². The van der Waals surface area contributed by atoms with Crippen LogP contribution < -0.4 is 25.4 Å². The highest BCUT2D eigenvalue weighted by molar-refractivity contribution is 6.32. The Morgan fingerprint density at radius 3 is 1.95 bits per heavy atom. The minimum absolute atomic E-state index is 0.0488. The van der Waals surface area contributed by atoms with Crippen molar-refractivity contribution in [2.45, 2.75) is 97.4 Å². The number of amides is 2. The van der Waals surface area contributed by atoms with E-state index < -0.39 is 41.0 Å². The zero-order valence-corrected chi connectivity index (χ0v) is 44.4. The lowest BCUT2D eigenvalue weighted by Crippen LogP contribution is -2.74. The van der Waals surface area contributed by atoms with Crippen molar-refractivity contribution in [2.24, 2.45) is 16.2 Å². The minimum atomic E-state index is -1.67. The molecule has 2 fully saturated rings. The van der Waals surface area contributed by atoms with Gasteiger partial charge in [-0.3, -0.25) is 9.59 Å². The van der Waals surface area contributed by atoms with Gasteiger partial charge in [-0.1, -0.05) is 95.9 Å². The van der Waals surface area contributed by atoms with Gasteiger partial charge >= 0.3 is 0 Å². The van der Waals surface area contributed by atoms with Crippen molar-refractivity contribution >= 4 is 35.0 Å². The molecule has 0 aromatic heterocycles. The predicted molar refractivity (Wildman–Crippen MR) is 275 cm³/mol. The third-order valence-electron chi connectivity index (χ3n) is 13.6. The summed E-state index contributed by atoms with van der Waals surface area (Å²) in [5.41, 5.74) is -1.11. The van der Waals surface area contributed by atoms with Crippen LogP contribution >= 0.6 is 23.2 Å². The number of rotatable bonds is 24. The van der Waals surface area contributed by atoms with Crippen molar-refractivity contribution in [1.82, 2.24) is 16.0 Å². The van der Waals surface area contributed by atoms with Gasteiger partial charge < -0.3 is 44.4 Å². The molecule has 13 nitrogen and oxygen atoms in total. The fourth-order valence-electron chi connectivity index (χ4n) is 10.5. The number of nitrogens with zero attached hydrogens (tertiary/aromatic N) is 2. The Hall–Kier alpha value is -5.36. The molecule has 1 aliphatic carbocycles. The van der Waals surface area contributed by atoms with Gasteiger partial charge in [0.15, 0.2) is 0 Å². The van der Waals surface area contributed by atoms with E-state index in [0.29, 0.717) is 85.9 Å². The fraction of sp³-hybridized carbons (Fsp3) is 0.500. The van der Waals surface area contributed by atoms with Crippen LogP contribution in [0.4, 0.5) is 8.78 Å². The molecule has 2 amide bonds. The average molecular weight is 1050 g/mol. The lowest BCUT2D eigenvalue weighted by molar-refractivity contribution is -0.164. The van der Waals surface area contributed by atoms with Gasteiger partial charge in [0, 0.05) is 52.6 Å². The predicted octanol–water partition coefficient (Wildman–Crippen LogP) is 9.65. The van der Waals surface area contributed by atoms with E-state index in [2.05, 4.69) is 55.8 Å². The summed E-state index contributed by atoms with van der Waals surface area (Å²) in [6, 6.07) is 23.5. The molecule has 1 saturated heterocycles. The second-order valence-electron chi connectivity index (χ2n) is 21.0. The van der Waals surface area contributed by atoms with Crippen LogP contribution in [0.5, 0.6) is 11.5 Å². The number of carbonyl (C=O) groups is 2. The Morgan fingerprint density at radius 2 is 1.37 bits per heavy atom. The second kappa shape index (κ2) is 24.8. The molecule has 3 N–H and O–H groups in total. The van der Waals surface area contributed by atoms with Crippen LogP contribution in [0.1, 0.15) is 93.4 Å². The molecule has 392 valence electrons. The Morgan fingerprint density at radius 1 is 0.767 bits per heavy atom. The Kier molecular flexibility index (Phi) is 19.3. The van der Waals surface area contributed by atoms with E-state index in [0.717, 1.165) is 0 Å². The Balaban J connectivity index is 0.840. The summed E-state index contributed by atoms with van der Waals surface area (Å²) in [5, 5.41) is 29.8. The first-order valence-electron chi connectivity index (χ1n) is 24.5. The van der Waals surface area contributed by atoms with Crippen molar-refractivity contribution in [1.29, 1.82) is 10.5 Å². The number of nitrogens with one attached hydrogen (secondary N) is 3. The van der Waals surface area contributed by atoms with Crippen molar-refractivity contribution in [3.8, 4) is 23.6 Å². The van der Waals surface area contributed by atoms with E-state index in [1.807, 2.05) is 20.8 Å². The molecule has 4 aromatic rings. The maximum atomic E-state index is 16.0. The third kappa shape index (κ3) is 13.5. The zero-order chi connectivity index (χ0) is 53.1. The van der Waals surface area contributed by atoms with Crippen LogP contribution in [0.2, 0.25) is 10.0 Å². The van der Waals surface area contributed by atoms with Crippen LogP contribution in [0.15, 0.2) is 78.9 Å². The molecule has 0 bridgehead atoms. The normalized spacial score (nSPS) is 21.9. The SMILES string of the molecule is Cc1ccc([C@@]2(C#N)[C@H](c3cccc(Cl)c3F)[C@@H](C(=O)NCCOCCOCCOCCOCCOc3ccc(C(=O)NC4C(C)(C)C(Oc5ccc(C#N)c(Cl)c5)C4(C)C)cc3)N[C@@H]2CC(C)(C)C)c(F)c1. The summed E-state index contributed by atoms with van der Waals surface area (Å²) in [6.07, 6.45) is 0.171. The molecular weight excluding hydrogens is 980 g/mol. The van der Waals surface area contributed by atoms with Gasteiger partial charge in [0.25, 0.3) is 5.91 Å². The average Bonchev–Trinajstić information content (AvgIpc) is 3.65. The van der Waals surface area contributed by atoms with Gasteiger partial charge in [0.05, 0.1) is 80.6 Å². The summed E-state index contributed by atoms with van der Waals surface area (Å²) >= 11 is 12.5. The number of benzene rings is 4. The molecule has 1 aliphatic heterocycles. The highest BCUT2D eigenvalue weighted by Crippen LogP contribution is 2.56. The molecule has 0 spiro atoms. The number of hydrogen-bond acceptors (Lipinski definition) is 11. The monoisotopic (exact) mass is 1050 g/mol. The largest absolute Gasteiger partial charge is 0.491 e. The third-order valence-corrected chi connectivity index (χ3v) is 14.2. The molecule has 0 unspecified atom stereocenters. The van der Waals surface area contributed by atoms with E-state index >= 15 is 8.78 Å². The zero-order valence-electron chi connectivity index (χ0n) is 42.8. The summed E-state index contributed by atoms with van der Waals surface area (Å²) in [5.74, 6) is -2.00. The maximum Gasteiger partial charge on any atom is 0.251 e. The van der Waals surface area contributed by atoms with Gasteiger partial charge in [-0.15, -0.1) is 0 Å². The smallest absolute Gasteiger partial charge is 0.251 e. The number of hydrogen-bond donors (Lipinski definition) is 3. The Labute approximate surface area is 438 Å². The summed E-state index contributed by atoms with van der Waals surface area (Å²) in [7, 11) is 0. The molecular formula is C56H67Cl2F2N5O8. The molecule has 73 heavy (non-hydrogen) atoms. The number of aryl methyl sites for hydroxylation is 1. The van der Waals surface area contributed by atoms with Crippen molar-refractivity contribution in [3.63, 3.8) is 0 Å². The summed E-state index contributed by atoms with van der Waals surface area (Å²) < 4.78 is 66.6. The first-order chi connectivity index (χ1) is 34.6. The van der Waals surface area contributed by atoms with Crippen LogP contribution in [0, 0.1) is 57.5 Å². The van der Waals surface area contributed by atoms with Gasteiger partial charge in [-0.25, -0.2) is 8.78 Å². The Bertz CT molecular complexity index is 2620. The van der Waals surface area contributed by atoms with Crippen LogP contribution in [0.25, 0.3) is 0 Å². The van der Waals surface area contributed by atoms with Gasteiger partial charge in [0.2, 0.25) is 5.91 Å². The van der Waals surface area contributed by atoms with Crippen LogP contribution in [0.3, 0.4) is 0 Å². The van der Waals surface area contributed by atoms with Gasteiger partial charge in [-0.05, 0) is 78.4 Å². The van der Waals surface area contributed by atoms with Crippen LogP contribution in [-0.4, -0.2) is 102 Å². The first-order valence-corrected chi connectivity index (χ1v) is 25.3. The highest BCUT2D eigenvalue weighted by atomic mass is 35.5. The maximum absolute atomic E-state index is 16.0. The molecule has 4 aromatic carbocycles. The lowest BCUT2D eigenvalue weighted by atomic mass is 9.49. The van der Waals surface area contributed by atoms with E-state index in [1.54, 1.807) is 67.6 Å². The van der Waals surface area contributed by atoms with Gasteiger partial charge in [0.1, 0.15) is 47.3 Å². The molecule has 17 heteroatoms.